The molecule has 1 amide bonds. The molecule has 0 radical (unpaired) electrons. The number of carbonyl (C=O) groups is 1. The second-order valence-electron chi connectivity index (χ2n) is 7.54. The summed E-state index contributed by atoms with van der Waals surface area (Å²) in [7, 11) is -3.73. The number of nitrogens with one attached hydrogen (secondary N) is 2. The number of aryl methyl sites for hydroxylation is 2. The molecule has 0 aliphatic heterocycles. The fraction of sp³-hybridized carbons (Fsp3) is 0.409. The third kappa shape index (κ3) is 6.30. The predicted octanol–water partition coefficient (Wildman–Crippen LogP) is 3.61. The van der Waals surface area contributed by atoms with Gasteiger partial charge >= 0.3 is 6.18 Å². The molecule has 0 fully saturated rings. The monoisotopic (exact) mass is 454 g/mol. The SMILES string of the molecule is O=C(CCNS(=O)(=O)c1ccc2c(c1)CCCC2)NCCc1ccccc1C(F)(F)F. The second kappa shape index (κ2) is 9.82. The largest absolute Gasteiger partial charge is 0.416 e. The number of carbonyl (C=O) groups excluding carboxylic acids is 1. The van der Waals surface area contributed by atoms with Gasteiger partial charge in [0.25, 0.3) is 0 Å². The van der Waals surface area contributed by atoms with E-state index >= 15 is 0 Å². The zero-order valence-corrected chi connectivity index (χ0v) is 17.8. The number of fused-ring (bicyclic) bond motifs is 1. The van der Waals surface area contributed by atoms with E-state index in [2.05, 4.69) is 10.0 Å². The van der Waals surface area contributed by atoms with Crippen molar-refractivity contribution in [3.8, 4) is 0 Å². The highest BCUT2D eigenvalue weighted by Gasteiger charge is 2.32. The van der Waals surface area contributed by atoms with E-state index in [0.29, 0.717) is 0 Å². The minimum Gasteiger partial charge on any atom is -0.356 e. The quantitative estimate of drug-likeness (QED) is 0.640. The van der Waals surface area contributed by atoms with Crippen molar-refractivity contribution in [3.05, 3.63) is 64.7 Å². The van der Waals surface area contributed by atoms with Crippen LogP contribution in [0.5, 0.6) is 0 Å². The molecule has 1 aliphatic rings. The van der Waals surface area contributed by atoms with Crippen LogP contribution in [0.1, 0.15) is 41.5 Å². The number of sulfonamides is 1. The van der Waals surface area contributed by atoms with E-state index < -0.39 is 27.7 Å². The summed E-state index contributed by atoms with van der Waals surface area (Å²) in [6, 6.07) is 10.3. The summed E-state index contributed by atoms with van der Waals surface area (Å²) in [4.78, 5) is 12.1. The molecule has 0 saturated heterocycles. The minimum absolute atomic E-state index is 0.0300. The first kappa shape index (κ1) is 23.3. The summed E-state index contributed by atoms with van der Waals surface area (Å²) in [5.41, 5.74) is 1.60. The van der Waals surface area contributed by atoms with Gasteiger partial charge in [0.1, 0.15) is 0 Å². The van der Waals surface area contributed by atoms with Gasteiger partial charge in [0, 0.05) is 19.5 Å². The average molecular weight is 455 g/mol. The van der Waals surface area contributed by atoms with Gasteiger partial charge in [-0.2, -0.15) is 13.2 Å². The van der Waals surface area contributed by atoms with Crippen molar-refractivity contribution in [1.29, 1.82) is 0 Å². The van der Waals surface area contributed by atoms with E-state index in [1.807, 2.05) is 6.07 Å². The highest BCUT2D eigenvalue weighted by atomic mass is 32.2. The number of alkyl halides is 3. The molecule has 2 aromatic carbocycles. The van der Waals surface area contributed by atoms with Gasteiger partial charge in [0.05, 0.1) is 10.5 Å². The Labute approximate surface area is 180 Å². The number of rotatable bonds is 8. The lowest BCUT2D eigenvalue weighted by Crippen LogP contribution is -2.32. The normalized spacial score (nSPS) is 14.2. The van der Waals surface area contributed by atoms with Crippen LogP contribution in [-0.4, -0.2) is 27.4 Å². The van der Waals surface area contributed by atoms with Gasteiger partial charge in [-0.25, -0.2) is 13.1 Å². The third-order valence-corrected chi connectivity index (χ3v) is 6.77. The van der Waals surface area contributed by atoms with Crippen LogP contribution in [-0.2, 0) is 40.3 Å². The summed E-state index contributed by atoms with van der Waals surface area (Å²) in [5, 5.41) is 2.54. The number of hydrogen-bond acceptors (Lipinski definition) is 3. The number of halogens is 3. The lowest BCUT2D eigenvalue weighted by atomic mass is 9.92. The first-order valence-electron chi connectivity index (χ1n) is 10.2. The van der Waals surface area contributed by atoms with Gasteiger partial charge in [-0.15, -0.1) is 0 Å². The number of benzene rings is 2. The number of hydrogen-bond donors (Lipinski definition) is 2. The molecule has 2 N–H and O–H groups in total. The minimum atomic E-state index is -4.45. The molecule has 1 aliphatic carbocycles. The second-order valence-corrected chi connectivity index (χ2v) is 9.31. The van der Waals surface area contributed by atoms with Crippen molar-refractivity contribution >= 4 is 15.9 Å². The van der Waals surface area contributed by atoms with Crippen LogP contribution in [0.4, 0.5) is 13.2 Å². The smallest absolute Gasteiger partial charge is 0.356 e. The summed E-state index contributed by atoms with van der Waals surface area (Å²) < 4.78 is 66.4. The van der Waals surface area contributed by atoms with E-state index in [9.17, 15) is 26.4 Å². The summed E-state index contributed by atoms with van der Waals surface area (Å²) >= 11 is 0. The predicted molar refractivity (Wildman–Crippen MR) is 111 cm³/mol. The Morgan fingerprint density at radius 1 is 0.968 bits per heavy atom. The molecular formula is C22H25F3N2O3S. The van der Waals surface area contributed by atoms with E-state index in [1.54, 1.807) is 12.1 Å². The highest BCUT2D eigenvalue weighted by molar-refractivity contribution is 7.89. The Bertz CT molecular complexity index is 1040. The van der Waals surface area contributed by atoms with Crippen LogP contribution in [0.2, 0.25) is 0 Å². The van der Waals surface area contributed by atoms with Crippen molar-refractivity contribution in [3.63, 3.8) is 0 Å². The van der Waals surface area contributed by atoms with Crippen LogP contribution in [0.15, 0.2) is 47.4 Å². The standard InChI is InChI=1S/C22H25F3N2O3S/c23-22(24,25)20-8-4-3-6-17(20)11-13-26-21(28)12-14-27-31(29,30)19-10-9-16-5-1-2-7-18(16)15-19/h3-4,6,8-10,15,27H,1-2,5,7,11-14H2,(H,26,28). The Hall–Kier alpha value is -2.39. The lowest BCUT2D eigenvalue weighted by molar-refractivity contribution is -0.138. The van der Waals surface area contributed by atoms with Crippen LogP contribution in [0.25, 0.3) is 0 Å². The molecule has 5 nitrogen and oxygen atoms in total. The van der Waals surface area contributed by atoms with Gasteiger partial charge in [-0.1, -0.05) is 24.3 Å². The van der Waals surface area contributed by atoms with Crippen molar-refractivity contribution in [2.45, 2.75) is 49.6 Å². The summed E-state index contributed by atoms with van der Waals surface area (Å²) in [6.07, 6.45) is -0.565. The maximum atomic E-state index is 13.0. The van der Waals surface area contributed by atoms with Crippen LogP contribution in [0.3, 0.4) is 0 Å². The highest BCUT2D eigenvalue weighted by Crippen LogP contribution is 2.31. The molecule has 0 unspecified atom stereocenters. The summed E-state index contributed by atoms with van der Waals surface area (Å²) in [6.45, 7) is -0.0616. The van der Waals surface area contributed by atoms with Crippen molar-refractivity contribution in [2.24, 2.45) is 0 Å². The van der Waals surface area contributed by atoms with Crippen LogP contribution in [0, 0.1) is 0 Å². The first-order chi connectivity index (χ1) is 14.7. The Kier molecular flexibility index (Phi) is 7.38. The van der Waals surface area contributed by atoms with Crippen LogP contribution < -0.4 is 10.0 Å². The zero-order chi connectivity index (χ0) is 22.5. The van der Waals surface area contributed by atoms with Gasteiger partial charge in [0.2, 0.25) is 15.9 Å². The molecular weight excluding hydrogens is 429 g/mol. The van der Waals surface area contributed by atoms with Crippen molar-refractivity contribution < 1.29 is 26.4 Å². The van der Waals surface area contributed by atoms with Gasteiger partial charge in [0.15, 0.2) is 0 Å². The van der Waals surface area contributed by atoms with E-state index in [1.165, 1.54) is 23.8 Å². The Balaban J connectivity index is 1.46. The molecule has 0 bridgehead atoms. The van der Waals surface area contributed by atoms with Crippen molar-refractivity contribution in [1.82, 2.24) is 10.0 Å². The summed E-state index contributed by atoms with van der Waals surface area (Å²) in [5.74, 6) is -0.433. The zero-order valence-electron chi connectivity index (χ0n) is 17.0. The van der Waals surface area contributed by atoms with E-state index in [-0.39, 0.29) is 36.4 Å². The molecule has 0 heterocycles. The van der Waals surface area contributed by atoms with E-state index in [4.69, 9.17) is 0 Å². The van der Waals surface area contributed by atoms with Gasteiger partial charge < -0.3 is 5.32 Å². The lowest BCUT2D eigenvalue weighted by Gasteiger charge is -2.16. The maximum Gasteiger partial charge on any atom is 0.416 e. The molecule has 3 rings (SSSR count). The molecule has 168 valence electrons. The average Bonchev–Trinajstić information content (AvgIpc) is 2.73. The van der Waals surface area contributed by atoms with Crippen LogP contribution >= 0.6 is 0 Å². The molecule has 2 aromatic rings. The Morgan fingerprint density at radius 2 is 1.68 bits per heavy atom. The molecule has 0 aromatic heterocycles. The molecule has 0 atom stereocenters. The van der Waals surface area contributed by atoms with Gasteiger partial charge in [-0.05, 0) is 67.0 Å². The molecule has 9 heteroatoms. The first-order valence-corrected chi connectivity index (χ1v) is 11.7. The molecule has 0 spiro atoms. The van der Waals surface area contributed by atoms with Crippen molar-refractivity contribution in [2.75, 3.05) is 13.1 Å². The fourth-order valence-corrected chi connectivity index (χ4v) is 4.78. The fourth-order valence-electron chi connectivity index (χ4n) is 3.70. The van der Waals surface area contributed by atoms with Gasteiger partial charge in [-0.3, -0.25) is 4.79 Å². The topological polar surface area (TPSA) is 75.3 Å². The third-order valence-electron chi connectivity index (χ3n) is 5.31. The molecule has 0 saturated carbocycles. The Morgan fingerprint density at radius 3 is 2.42 bits per heavy atom. The maximum absolute atomic E-state index is 13.0. The molecule has 31 heavy (non-hydrogen) atoms. The van der Waals surface area contributed by atoms with E-state index in [0.717, 1.165) is 37.3 Å². The number of amides is 1.